The number of methoxy groups -OCH3 is 1. The molecule has 2 saturated heterocycles. The molecule has 4 heterocycles. The van der Waals surface area contributed by atoms with Crippen LogP contribution in [0.4, 0.5) is 14.5 Å². The van der Waals surface area contributed by atoms with Gasteiger partial charge in [-0.25, -0.2) is 4.52 Å². The Morgan fingerprint density at radius 3 is 2.37 bits per heavy atom. The number of benzene rings is 1. The molecule has 1 atom stereocenters. The van der Waals surface area contributed by atoms with Gasteiger partial charge in [0, 0.05) is 76.3 Å². The number of carbonyl (C=O) groups excluding carboxylic acids is 1. The molecule has 0 spiro atoms. The zero-order valence-corrected chi connectivity index (χ0v) is 23.8. The van der Waals surface area contributed by atoms with Crippen LogP contribution in [0.2, 0.25) is 0 Å². The molecule has 41 heavy (non-hydrogen) atoms. The second-order valence-electron chi connectivity index (χ2n) is 11.6. The molecule has 3 aliphatic rings. The van der Waals surface area contributed by atoms with Crippen molar-refractivity contribution in [3.63, 3.8) is 0 Å². The molecule has 1 aliphatic carbocycles. The van der Waals surface area contributed by atoms with Crippen LogP contribution in [0, 0.1) is 5.92 Å². The van der Waals surface area contributed by atoms with Crippen molar-refractivity contribution in [1.82, 2.24) is 19.4 Å². The van der Waals surface area contributed by atoms with E-state index in [0.29, 0.717) is 5.91 Å². The average Bonchev–Trinajstić information content (AvgIpc) is 3.77. The molecular formula is C31H39F2N5O3. The Morgan fingerprint density at radius 2 is 1.73 bits per heavy atom. The van der Waals surface area contributed by atoms with Gasteiger partial charge in [-0.3, -0.25) is 9.69 Å². The summed E-state index contributed by atoms with van der Waals surface area (Å²) >= 11 is 0. The highest BCUT2D eigenvalue weighted by molar-refractivity contribution is 5.82. The lowest BCUT2D eigenvalue weighted by molar-refractivity contribution is -0.145. The van der Waals surface area contributed by atoms with E-state index < -0.39 is 12.2 Å². The number of likely N-dealkylation sites (tertiary alicyclic amines) is 1. The highest BCUT2D eigenvalue weighted by atomic mass is 19.3. The van der Waals surface area contributed by atoms with Crippen LogP contribution in [-0.2, 0) is 19.9 Å². The largest absolute Gasteiger partial charge is 0.373 e. The molecule has 10 heteroatoms. The van der Waals surface area contributed by atoms with Crippen molar-refractivity contribution in [2.75, 3.05) is 57.9 Å². The fourth-order valence-corrected chi connectivity index (χ4v) is 6.40. The van der Waals surface area contributed by atoms with Crippen LogP contribution in [0.3, 0.4) is 0 Å². The Balaban J connectivity index is 1.14. The summed E-state index contributed by atoms with van der Waals surface area (Å²) in [6.07, 6.45) is 7.56. The van der Waals surface area contributed by atoms with Crippen molar-refractivity contribution in [3.05, 3.63) is 54.4 Å². The van der Waals surface area contributed by atoms with E-state index in [2.05, 4.69) is 62.2 Å². The highest BCUT2D eigenvalue weighted by Crippen LogP contribution is 2.38. The maximum Gasteiger partial charge on any atom is 0.345 e. The number of rotatable bonds is 9. The molecular weight excluding hydrogens is 528 g/mol. The molecule has 2 aliphatic heterocycles. The van der Waals surface area contributed by atoms with Crippen LogP contribution in [0.1, 0.15) is 38.2 Å². The van der Waals surface area contributed by atoms with Gasteiger partial charge in [0.05, 0.1) is 23.4 Å². The van der Waals surface area contributed by atoms with Crippen molar-refractivity contribution in [2.24, 2.45) is 5.92 Å². The van der Waals surface area contributed by atoms with Crippen molar-refractivity contribution in [3.8, 4) is 11.1 Å². The van der Waals surface area contributed by atoms with Crippen LogP contribution in [0.25, 0.3) is 16.6 Å². The monoisotopic (exact) mass is 567 g/mol. The van der Waals surface area contributed by atoms with Crippen LogP contribution < -0.4 is 4.90 Å². The van der Waals surface area contributed by atoms with Crippen LogP contribution in [-0.4, -0.2) is 91.0 Å². The summed E-state index contributed by atoms with van der Waals surface area (Å²) in [5.74, 6) is 0.594. The third-order valence-electron chi connectivity index (χ3n) is 9.17. The standard InChI is InChI=1S/C31H39F2N5O3/c1-22(21-41-30(32)33)35-13-10-31(40-2,11-14-35)26-7-5-23(6-8-26)25-19-28-27(9-12-34-38(28)20-25)36-15-17-37(18-16-36)29(39)24-3-4-24/h5-9,12,19-20,22,24,30H,3-4,10-11,13-18,21H2,1-2H3/t22-/m0/s1. The average molecular weight is 568 g/mol. The van der Waals surface area contributed by atoms with E-state index in [9.17, 15) is 13.6 Å². The summed E-state index contributed by atoms with van der Waals surface area (Å²) in [6, 6.07) is 12.7. The van der Waals surface area contributed by atoms with Gasteiger partial charge in [0.2, 0.25) is 5.91 Å². The van der Waals surface area contributed by atoms with E-state index >= 15 is 0 Å². The minimum atomic E-state index is -2.74. The quantitative estimate of drug-likeness (QED) is 0.376. The maximum absolute atomic E-state index is 12.5. The van der Waals surface area contributed by atoms with Crippen LogP contribution >= 0.6 is 0 Å². The van der Waals surface area contributed by atoms with Gasteiger partial charge >= 0.3 is 6.61 Å². The predicted octanol–water partition coefficient (Wildman–Crippen LogP) is 4.63. The molecule has 2 aromatic heterocycles. The van der Waals surface area contributed by atoms with Crippen LogP contribution in [0.5, 0.6) is 0 Å². The van der Waals surface area contributed by atoms with Gasteiger partial charge in [-0.05, 0) is 55.9 Å². The molecule has 0 bridgehead atoms. The van der Waals surface area contributed by atoms with Gasteiger partial charge in [-0.1, -0.05) is 24.3 Å². The minimum absolute atomic E-state index is 0.0191. The number of aromatic nitrogens is 2. The van der Waals surface area contributed by atoms with Gasteiger partial charge in [0.15, 0.2) is 0 Å². The number of amides is 1. The Hall–Kier alpha value is -3.08. The third-order valence-corrected chi connectivity index (χ3v) is 9.17. The Morgan fingerprint density at radius 1 is 1.02 bits per heavy atom. The molecule has 220 valence electrons. The second-order valence-corrected chi connectivity index (χ2v) is 11.6. The van der Waals surface area contributed by atoms with E-state index in [0.717, 1.165) is 92.8 Å². The lowest BCUT2D eigenvalue weighted by Gasteiger charge is -2.43. The Bertz CT molecular complexity index is 1340. The number of ether oxygens (including phenoxy) is 2. The smallest absolute Gasteiger partial charge is 0.345 e. The molecule has 0 unspecified atom stereocenters. The Kier molecular flexibility index (Phi) is 7.98. The normalized spacial score (nSPS) is 20.6. The molecule has 0 radical (unpaired) electrons. The molecule has 1 amide bonds. The summed E-state index contributed by atoms with van der Waals surface area (Å²) in [6.45, 7) is 3.89. The lowest BCUT2D eigenvalue weighted by atomic mass is 9.83. The van der Waals surface area contributed by atoms with Gasteiger partial charge in [0.1, 0.15) is 0 Å². The summed E-state index contributed by atoms with van der Waals surface area (Å²) < 4.78 is 37.5. The molecule has 0 N–H and O–H groups in total. The fraction of sp³-hybridized carbons (Fsp3) is 0.548. The Labute approximate surface area is 239 Å². The molecule has 1 saturated carbocycles. The summed E-state index contributed by atoms with van der Waals surface area (Å²) in [5, 5.41) is 4.57. The maximum atomic E-state index is 12.5. The van der Waals surface area contributed by atoms with E-state index in [4.69, 9.17) is 4.74 Å². The van der Waals surface area contributed by atoms with E-state index in [1.807, 2.05) is 22.5 Å². The number of hydrogen-bond acceptors (Lipinski definition) is 6. The minimum Gasteiger partial charge on any atom is -0.373 e. The molecule has 8 nitrogen and oxygen atoms in total. The number of piperidine rings is 1. The SMILES string of the molecule is COC1(c2ccc(-c3cc4c(N5CCN(C(=O)C6CC6)CC5)ccnn4c3)cc2)CCN([C@@H](C)COC(F)F)CC1. The molecule has 3 fully saturated rings. The zero-order valence-electron chi connectivity index (χ0n) is 23.8. The van der Waals surface area contributed by atoms with Crippen molar-refractivity contribution in [2.45, 2.75) is 50.9 Å². The fourth-order valence-electron chi connectivity index (χ4n) is 6.40. The summed E-state index contributed by atoms with van der Waals surface area (Å²) in [5.41, 5.74) is 5.11. The first-order chi connectivity index (χ1) is 19.9. The van der Waals surface area contributed by atoms with E-state index in [1.165, 1.54) is 0 Å². The summed E-state index contributed by atoms with van der Waals surface area (Å²) in [7, 11) is 1.75. The van der Waals surface area contributed by atoms with Gasteiger partial charge in [-0.15, -0.1) is 0 Å². The third kappa shape index (κ3) is 5.82. The predicted molar refractivity (Wildman–Crippen MR) is 153 cm³/mol. The number of carbonyl (C=O) groups is 1. The zero-order chi connectivity index (χ0) is 28.6. The van der Waals surface area contributed by atoms with E-state index in [1.54, 1.807) is 7.11 Å². The first kappa shape index (κ1) is 28.1. The van der Waals surface area contributed by atoms with E-state index in [-0.39, 0.29) is 18.6 Å². The first-order valence-corrected chi connectivity index (χ1v) is 14.7. The van der Waals surface area contributed by atoms with Crippen molar-refractivity contribution in [1.29, 1.82) is 0 Å². The molecule has 6 rings (SSSR count). The summed E-state index contributed by atoms with van der Waals surface area (Å²) in [4.78, 5) is 19.1. The number of fused-ring (bicyclic) bond motifs is 1. The van der Waals surface area contributed by atoms with Crippen LogP contribution in [0.15, 0.2) is 48.8 Å². The number of piperazine rings is 1. The number of nitrogens with zero attached hydrogens (tertiary/aromatic N) is 5. The number of halogens is 2. The molecule has 1 aromatic carbocycles. The number of alkyl halides is 2. The highest BCUT2D eigenvalue weighted by Gasteiger charge is 2.38. The second kappa shape index (κ2) is 11.7. The van der Waals surface area contributed by atoms with Gasteiger partial charge in [0.25, 0.3) is 0 Å². The van der Waals surface area contributed by atoms with Crippen molar-refractivity contribution < 1.29 is 23.0 Å². The van der Waals surface area contributed by atoms with Crippen molar-refractivity contribution >= 4 is 17.1 Å². The first-order valence-electron chi connectivity index (χ1n) is 14.7. The number of anilines is 1. The lowest BCUT2D eigenvalue weighted by Crippen LogP contribution is -2.49. The number of hydrogen-bond donors (Lipinski definition) is 0. The van der Waals surface area contributed by atoms with Gasteiger partial charge < -0.3 is 19.3 Å². The van der Waals surface area contributed by atoms with Gasteiger partial charge in [-0.2, -0.15) is 13.9 Å². The topological polar surface area (TPSA) is 62.5 Å². The molecule has 3 aromatic rings.